The Morgan fingerprint density at radius 3 is 2.72 bits per heavy atom. The first-order valence-electron chi connectivity index (χ1n) is 13.0. The lowest BCUT2D eigenvalue weighted by molar-refractivity contribution is -0.117. The van der Waals surface area contributed by atoms with Gasteiger partial charge < -0.3 is 10.1 Å². The minimum absolute atomic E-state index is 0.00719. The number of carbonyl (C=O) groups excluding carboxylic acids is 1. The molecule has 4 heterocycles. The number of rotatable bonds is 5. The van der Waals surface area contributed by atoms with Gasteiger partial charge in [0, 0.05) is 35.3 Å². The van der Waals surface area contributed by atoms with E-state index in [9.17, 15) is 9.18 Å². The summed E-state index contributed by atoms with van der Waals surface area (Å²) in [4.78, 5) is 24.0. The number of hydrogen-bond acceptors (Lipinski definition) is 5. The molecule has 3 aromatic rings. The lowest BCUT2D eigenvalue weighted by Crippen LogP contribution is -2.55. The number of alkyl halides is 1. The molecule has 2 saturated heterocycles. The van der Waals surface area contributed by atoms with E-state index in [-0.39, 0.29) is 24.3 Å². The summed E-state index contributed by atoms with van der Waals surface area (Å²) in [6.45, 7) is 6.58. The number of benzene rings is 1. The van der Waals surface area contributed by atoms with Crippen LogP contribution in [-0.4, -0.2) is 58.8 Å². The Hall–Kier alpha value is -2.90. The normalized spacial score (nSPS) is 28.9. The molecule has 4 unspecified atom stereocenters. The molecule has 4 atom stereocenters. The average Bonchev–Trinajstić information content (AvgIpc) is 3.63. The molecule has 6 rings (SSSR count). The molecule has 2 aromatic heterocycles. The molecule has 0 radical (unpaired) electrons. The predicted molar refractivity (Wildman–Crippen MR) is 138 cm³/mol. The Bertz CT molecular complexity index is 1280. The molecule has 0 spiro atoms. The summed E-state index contributed by atoms with van der Waals surface area (Å²) in [7, 11) is 0. The van der Waals surface area contributed by atoms with Gasteiger partial charge in [0.05, 0.1) is 18.8 Å². The Balaban J connectivity index is 1.15. The number of carbonyl (C=O) groups is 1. The molecule has 6 nitrogen and oxygen atoms in total. The smallest absolute Gasteiger partial charge is 0.229 e. The first-order chi connectivity index (χ1) is 17.4. The molecule has 1 amide bonds. The molecule has 0 bridgehead atoms. The number of aromatic nitrogens is 2. The van der Waals surface area contributed by atoms with Crippen molar-refractivity contribution in [3.8, 4) is 0 Å². The number of ether oxygens (including phenoxy) is 1. The molecule has 1 saturated carbocycles. The SMILES string of the molecule is Cc1cc2cnc(NC(=O)C3CC3c3ccccn3)cc2cc1C1CCN(C2(C)COCC2F)CC1. The third-order valence-electron chi connectivity index (χ3n) is 8.54. The van der Waals surface area contributed by atoms with Crippen LogP contribution in [0.3, 0.4) is 0 Å². The van der Waals surface area contributed by atoms with Crippen molar-refractivity contribution in [3.05, 3.63) is 65.6 Å². The van der Waals surface area contributed by atoms with E-state index in [2.05, 4.69) is 39.2 Å². The van der Waals surface area contributed by atoms with E-state index in [4.69, 9.17) is 4.74 Å². The fraction of sp³-hybridized carbons (Fsp3) is 0.483. The molecule has 188 valence electrons. The number of aryl methyl sites for hydroxylation is 1. The Morgan fingerprint density at radius 1 is 1.17 bits per heavy atom. The van der Waals surface area contributed by atoms with Gasteiger partial charge in [0.15, 0.2) is 0 Å². The van der Waals surface area contributed by atoms with Crippen molar-refractivity contribution in [2.75, 3.05) is 31.6 Å². The van der Waals surface area contributed by atoms with E-state index < -0.39 is 11.7 Å². The van der Waals surface area contributed by atoms with Crippen LogP contribution in [0.2, 0.25) is 0 Å². The van der Waals surface area contributed by atoms with Gasteiger partial charge in [0.25, 0.3) is 0 Å². The maximum Gasteiger partial charge on any atom is 0.229 e. The van der Waals surface area contributed by atoms with Gasteiger partial charge in [-0.15, -0.1) is 0 Å². The largest absolute Gasteiger partial charge is 0.376 e. The maximum absolute atomic E-state index is 14.5. The number of piperidine rings is 1. The van der Waals surface area contributed by atoms with Gasteiger partial charge in [-0.2, -0.15) is 0 Å². The number of anilines is 1. The zero-order chi connectivity index (χ0) is 24.9. The number of nitrogens with one attached hydrogen (secondary N) is 1. The first-order valence-corrected chi connectivity index (χ1v) is 13.0. The van der Waals surface area contributed by atoms with Crippen molar-refractivity contribution in [1.82, 2.24) is 14.9 Å². The number of likely N-dealkylation sites (tertiary alicyclic amines) is 1. The average molecular weight is 489 g/mol. The second-order valence-electron chi connectivity index (χ2n) is 10.9. The molecule has 3 aliphatic rings. The van der Waals surface area contributed by atoms with E-state index in [1.807, 2.05) is 37.4 Å². The number of halogens is 1. The van der Waals surface area contributed by atoms with Gasteiger partial charge in [-0.3, -0.25) is 14.7 Å². The molecule has 7 heteroatoms. The van der Waals surface area contributed by atoms with E-state index in [1.165, 1.54) is 11.1 Å². The predicted octanol–water partition coefficient (Wildman–Crippen LogP) is 4.99. The zero-order valence-electron chi connectivity index (χ0n) is 20.9. The lowest BCUT2D eigenvalue weighted by Gasteiger charge is -2.43. The summed E-state index contributed by atoms with van der Waals surface area (Å²) >= 11 is 0. The van der Waals surface area contributed by atoms with Gasteiger partial charge in [-0.1, -0.05) is 12.1 Å². The highest BCUT2D eigenvalue weighted by molar-refractivity contribution is 5.96. The molecular weight excluding hydrogens is 455 g/mol. The number of hydrogen-bond donors (Lipinski definition) is 1. The van der Waals surface area contributed by atoms with Gasteiger partial charge >= 0.3 is 0 Å². The number of nitrogens with zero attached hydrogens (tertiary/aromatic N) is 3. The minimum Gasteiger partial charge on any atom is -0.376 e. The fourth-order valence-electron chi connectivity index (χ4n) is 6.09. The third-order valence-corrected chi connectivity index (χ3v) is 8.54. The van der Waals surface area contributed by atoms with Crippen molar-refractivity contribution in [3.63, 3.8) is 0 Å². The van der Waals surface area contributed by atoms with Crippen molar-refractivity contribution >= 4 is 22.5 Å². The van der Waals surface area contributed by atoms with Crippen LogP contribution in [0.15, 0.2) is 48.8 Å². The van der Waals surface area contributed by atoms with E-state index in [0.717, 1.165) is 48.8 Å². The minimum atomic E-state index is -0.924. The van der Waals surface area contributed by atoms with Crippen LogP contribution in [0, 0.1) is 12.8 Å². The molecule has 3 fully saturated rings. The summed E-state index contributed by atoms with van der Waals surface area (Å²) in [6.07, 6.45) is 5.52. The molecule has 36 heavy (non-hydrogen) atoms. The summed E-state index contributed by atoms with van der Waals surface area (Å²) in [6, 6.07) is 12.3. The standard InChI is InChI=1S/C29H33FN4O2/c1-18-11-21-15-32-27(33-28(35)24-14-23(24)25-5-3-4-8-31-25)13-20(21)12-22(18)19-6-9-34(10-7-19)29(2)17-36-16-26(29)30/h3-5,8,11-13,15,19,23-24,26H,6-7,9-10,14,16-17H2,1-2H3,(H,32,33,35). The molecular formula is C29H33FN4O2. The van der Waals surface area contributed by atoms with Crippen LogP contribution in [0.4, 0.5) is 10.2 Å². The van der Waals surface area contributed by atoms with Gasteiger partial charge in [0.1, 0.15) is 12.0 Å². The van der Waals surface area contributed by atoms with Crippen LogP contribution < -0.4 is 5.32 Å². The highest BCUT2D eigenvalue weighted by Crippen LogP contribution is 2.47. The molecule has 1 aromatic carbocycles. The number of pyridine rings is 2. The monoisotopic (exact) mass is 488 g/mol. The Labute approximate surface area is 211 Å². The first kappa shape index (κ1) is 23.5. The Morgan fingerprint density at radius 2 is 2.00 bits per heavy atom. The van der Waals surface area contributed by atoms with Crippen molar-refractivity contribution in [2.45, 2.75) is 56.7 Å². The maximum atomic E-state index is 14.5. The topological polar surface area (TPSA) is 67.4 Å². The fourth-order valence-corrected chi connectivity index (χ4v) is 6.09. The third kappa shape index (κ3) is 4.28. The second-order valence-corrected chi connectivity index (χ2v) is 10.9. The molecule has 2 aliphatic heterocycles. The molecule has 1 N–H and O–H groups in total. The van der Waals surface area contributed by atoms with Crippen LogP contribution >= 0.6 is 0 Å². The highest BCUT2D eigenvalue weighted by atomic mass is 19.1. The van der Waals surface area contributed by atoms with E-state index in [0.29, 0.717) is 18.3 Å². The van der Waals surface area contributed by atoms with Crippen molar-refractivity contribution in [2.24, 2.45) is 5.92 Å². The molecule has 1 aliphatic carbocycles. The summed E-state index contributed by atoms with van der Waals surface area (Å²) in [5, 5.41) is 5.18. The summed E-state index contributed by atoms with van der Waals surface area (Å²) in [5.74, 6) is 1.18. The lowest BCUT2D eigenvalue weighted by atomic mass is 9.83. The van der Waals surface area contributed by atoms with Crippen LogP contribution in [0.25, 0.3) is 10.8 Å². The van der Waals surface area contributed by atoms with Gasteiger partial charge in [-0.05, 0) is 92.9 Å². The van der Waals surface area contributed by atoms with E-state index >= 15 is 0 Å². The van der Waals surface area contributed by atoms with Crippen LogP contribution in [0.1, 0.15) is 54.8 Å². The van der Waals surface area contributed by atoms with Crippen molar-refractivity contribution in [1.29, 1.82) is 0 Å². The van der Waals surface area contributed by atoms with Gasteiger partial charge in [0.2, 0.25) is 5.91 Å². The summed E-state index contributed by atoms with van der Waals surface area (Å²) < 4.78 is 19.9. The van der Waals surface area contributed by atoms with Crippen molar-refractivity contribution < 1.29 is 13.9 Å². The zero-order valence-corrected chi connectivity index (χ0v) is 20.9. The summed E-state index contributed by atoms with van der Waals surface area (Å²) in [5.41, 5.74) is 3.08. The van der Waals surface area contributed by atoms with Crippen LogP contribution in [0.5, 0.6) is 0 Å². The quantitative estimate of drug-likeness (QED) is 0.548. The van der Waals surface area contributed by atoms with E-state index in [1.54, 1.807) is 6.20 Å². The van der Waals surface area contributed by atoms with Gasteiger partial charge in [-0.25, -0.2) is 9.37 Å². The van der Waals surface area contributed by atoms with Crippen LogP contribution in [-0.2, 0) is 9.53 Å². The second kappa shape index (κ2) is 9.20. The Kier molecular flexibility index (Phi) is 6.00. The number of fused-ring (bicyclic) bond motifs is 1. The number of amides is 1. The highest BCUT2D eigenvalue weighted by Gasteiger charge is 2.46.